The summed E-state index contributed by atoms with van der Waals surface area (Å²) in [5, 5.41) is 3.06. The van der Waals surface area contributed by atoms with Gasteiger partial charge >= 0.3 is 0 Å². The summed E-state index contributed by atoms with van der Waals surface area (Å²) in [6.07, 6.45) is 6.94. The molecule has 4 heterocycles. The van der Waals surface area contributed by atoms with Crippen LogP contribution in [0.4, 0.5) is 5.69 Å². The number of nitrogens with zero attached hydrogens (tertiary/aromatic N) is 2. The molecule has 1 amide bonds. The van der Waals surface area contributed by atoms with Crippen LogP contribution in [0.25, 0.3) is 6.08 Å². The Morgan fingerprint density at radius 1 is 0.872 bits per heavy atom. The molecule has 39 heavy (non-hydrogen) atoms. The summed E-state index contributed by atoms with van der Waals surface area (Å²) in [6.45, 7) is 0. The number of aromatic nitrogens is 1. The van der Waals surface area contributed by atoms with Gasteiger partial charge in [-0.15, -0.1) is 0 Å². The molecule has 3 aromatic carbocycles. The molecule has 0 saturated carbocycles. The number of nitrogens with one attached hydrogen (secondary N) is 1. The maximum atomic E-state index is 14.6. The number of benzene rings is 3. The zero-order chi connectivity index (χ0) is 26.7. The summed E-state index contributed by atoms with van der Waals surface area (Å²) >= 11 is 3.44. The Kier molecular flexibility index (Phi) is 5.39. The van der Waals surface area contributed by atoms with Gasteiger partial charge in [-0.1, -0.05) is 70.5 Å². The van der Waals surface area contributed by atoms with E-state index in [0.29, 0.717) is 16.8 Å². The van der Waals surface area contributed by atoms with Crippen molar-refractivity contribution < 1.29 is 14.4 Å². The zero-order valence-electron chi connectivity index (χ0n) is 20.6. The number of ketones is 2. The molecule has 1 aromatic heterocycles. The Bertz CT molecular complexity index is 1680. The Balaban J connectivity index is 1.54. The van der Waals surface area contributed by atoms with Crippen molar-refractivity contribution in [2.45, 2.75) is 17.5 Å². The molecule has 0 radical (unpaired) electrons. The van der Waals surface area contributed by atoms with Crippen LogP contribution in [-0.4, -0.2) is 33.4 Å². The van der Waals surface area contributed by atoms with Gasteiger partial charge in [0.1, 0.15) is 11.5 Å². The van der Waals surface area contributed by atoms with Gasteiger partial charge in [0, 0.05) is 39.9 Å². The van der Waals surface area contributed by atoms with E-state index in [9.17, 15) is 14.4 Å². The van der Waals surface area contributed by atoms with Gasteiger partial charge in [0.15, 0.2) is 11.6 Å². The van der Waals surface area contributed by atoms with Crippen molar-refractivity contribution in [2.75, 3.05) is 5.32 Å². The first-order chi connectivity index (χ1) is 19.0. The standard InChI is InChI=1S/C32H22BrN3O3/c33-22-13-11-20(12-14-22)29(38)27-26(28(37)21-7-5-16-34-18-21)32(24-9-3-4-10-25(24)35-31(32)39)30-23-8-2-1-6-19(23)15-17-36(27)30/h1-18,26-27,30H,(H,35,39)/t26-,27+,30-,32-/m1/s1. The highest BCUT2D eigenvalue weighted by Crippen LogP contribution is 2.62. The fourth-order valence-corrected chi connectivity index (χ4v) is 6.91. The molecule has 1 fully saturated rings. The monoisotopic (exact) mass is 575 g/mol. The summed E-state index contributed by atoms with van der Waals surface area (Å²) in [6, 6.07) is 24.4. The molecule has 190 valence electrons. The van der Waals surface area contributed by atoms with Crippen LogP contribution in [0.1, 0.15) is 43.4 Å². The average Bonchev–Trinajstić information content (AvgIpc) is 3.45. The van der Waals surface area contributed by atoms with Gasteiger partial charge in [-0.05, 0) is 53.1 Å². The smallest absolute Gasteiger partial charge is 0.238 e. The number of fused-ring (bicyclic) bond motifs is 6. The first-order valence-corrected chi connectivity index (χ1v) is 13.5. The predicted octanol–water partition coefficient (Wildman–Crippen LogP) is 5.83. The molecule has 0 unspecified atom stereocenters. The molecule has 7 heteroatoms. The van der Waals surface area contributed by atoms with Crippen molar-refractivity contribution in [1.82, 2.24) is 9.88 Å². The number of anilines is 1. The molecule has 0 bridgehead atoms. The van der Waals surface area contributed by atoms with Gasteiger partial charge < -0.3 is 10.2 Å². The van der Waals surface area contributed by atoms with Crippen molar-refractivity contribution in [2.24, 2.45) is 5.92 Å². The van der Waals surface area contributed by atoms with Crippen molar-refractivity contribution >= 4 is 45.2 Å². The first-order valence-electron chi connectivity index (χ1n) is 12.7. The van der Waals surface area contributed by atoms with E-state index < -0.39 is 23.4 Å². The topological polar surface area (TPSA) is 79.4 Å². The molecule has 1 saturated heterocycles. The summed E-state index contributed by atoms with van der Waals surface area (Å²) < 4.78 is 0.846. The molecular formula is C32H22BrN3O3. The van der Waals surface area contributed by atoms with Crippen LogP contribution < -0.4 is 5.32 Å². The minimum absolute atomic E-state index is 0.215. The minimum atomic E-state index is -1.35. The SMILES string of the molecule is O=C(c1ccc(Br)cc1)[C@@H]1[C@H](C(=O)c2cccnc2)[C@@]2(C(=O)Nc3ccccc32)[C@H]2c3ccccc3C=CN12. The quantitative estimate of drug-likeness (QED) is 0.310. The van der Waals surface area contributed by atoms with E-state index >= 15 is 0 Å². The van der Waals surface area contributed by atoms with Gasteiger partial charge in [0.05, 0.1) is 12.0 Å². The molecule has 7 rings (SSSR count). The summed E-state index contributed by atoms with van der Waals surface area (Å²) in [7, 11) is 0. The average molecular weight is 576 g/mol. The van der Waals surface area contributed by atoms with E-state index in [4.69, 9.17) is 0 Å². The van der Waals surface area contributed by atoms with Crippen molar-refractivity contribution in [3.63, 3.8) is 0 Å². The molecule has 3 aliphatic heterocycles. The summed E-state index contributed by atoms with van der Waals surface area (Å²) in [5.74, 6) is -1.79. The van der Waals surface area contributed by atoms with Crippen LogP contribution in [0.3, 0.4) is 0 Å². The van der Waals surface area contributed by atoms with Crippen LogP contribution in [-0.2, 0) is 10.2 Å². The number of amides is 1. The highest BCUT2D eigenvalue weighted by molar-refractivity contribution is 9.10. The van der Waals surface area contributed by atoms with Gasteiger partial charge in [-0.3, -0.25) is 19.4 Å². The fourth-order valence-electron chi connectivity index (χ4n) is 6.64. The van der Waals surface area contributed by atoms with Crippen molar-refractivity contribution in [1.29, 1.82) is 0 Å². The molecule has 6 nitrogen and oxygen atoms in total. The summed E-state index contributed by atoms with van der Waals surface area (Å²) in [5.41, 5.74) is 2.74. The van der Waals surface area contributed by atoms with Crippen molar-refractivity contribution in [3.8, 4) is 0 Å². The molecule has 1 spiro atoms. The third-order valence-electron chi connectivity index (χ3n) is 8.20. The number of rotatable bonds is 4. The molecule has 3 aliphatic rings. The largest absolute Gasteiger partial charge is 0.358 e. The number of halogens is 1. The fraction of sp³-hybridized carbons (Fsp3) is 0.125. The number of hydrogen-bond donors (Lipinski definition) is 1. The molecular weight excluding hydrogens is 554 g/mol. The zero-order valence-corrected chi connectivity index (χ0v) is 22.2. The highest BCUT2D eigenvalue weighted by atomic mass is 79.9. The Morgan fingerprint density at radius 3 is 2.44 bits per heavy atom. The molecule has 1 N–H and O–H groups in total. The minimum Gasteiger partial charge on any atom is -0.358 e. The Morgan fingerprint density at radius 2 is 1.64 bits per heavy atom. The second kappa shape index (κ2) is 8.85. The van der Waals surface area contributed by atoms with E-state index in [2.05, 4.69) is 26.2 Å². The lowest BCUT2D eigenvalue weighted by Gasteiger charge is -2.38. The van der Waals surface area contributed by atoms with Gasteiger partial charge in [0.25, 0.3) is 0 Å². The lowest BCUT2D eigenvalue weighted by molar-refractivity contribution is -0.122. The predicted molar refractivity (Wildman–Crippen MR) is 151 cm³/mol. The van der Waals surface area contributed by atoms with E-state index in [-0.39, 0.29) is 17.5 Å². The van der Waals surface area contributed by atoms with Crippen LogP contribution >= 0.6 is 15.9 Å². The van der Waals surface area contributed by atoms with E-state index in [1.54, 1.807) is 30.5 Å². The van der Waals surface area contributed by atoms with Gasteiger partial charge in [0.2, 0.25) is 5.91 Å². The molecule has 0 aliphatic carbocycles. The maximum Gasteiger partial charge on any atom is 0.238 e. The normalized spacial score (nSPS) is 24.2. The lowest BCUT2D eigenvalue weighted by Crippen LogP contribution is -2.49. The first kappa shape index (κ1) is 23.7. The van der Waals surface area contributed by atoms with Crippen LogP contribution in [0.15, 0.2) is 108 Å². The van der Waals surface area contributed by atoms with Crippen LogP contribution in [0, 0.1) is 5.92 Å². The van der Waals surface area contributed by atoms with Crippen molar-refractivity contribution in [3.05, 3.63) is 136 Å². The number of hydrogen-bond acceptors (Lipinski definition) is 5. The maximum absolute atomic E-state index is 14.6. The van der Waals surface area contributed by atoms with Crippen LogP contribution in [0.5, 0.6) is 0 Å². The number of Topliss-reactive ketones (excluding diaryl/α,β-unsaturated/α-hetero) is 2. The molecule has 4 aromatic rings. The van der Waals surface area contributed by atoms with Gasteiger partial charge in [-0.25, -0.2) is 0 Å². The third kappa shape index (κ3) is 3.32. The van der Waals surface area contributed by atoms with Gasteiger partial charge in [-0.2, -0.15) is 0 Å². The number of carbonyl (C=O) groups is 3. The summed E-state index contributed by atoms with van der Waals surface area (Å²) in [4.78, 5) is 49.5. The molecule has 4 atom stereocenters. The van der Waals surface area contributed by atoms with E-state index in [0.717, 1.165) is 21.2 Å². The Labute approximate surface area is 233 Å². The lowest BCUT2D eigenvalue weighted by atomic mass is 9.62. The highest BCUT2D eigenvalue weighted by Gasteiger charge is 2.70. The van der Waals surface area contributed by atoms with Crippen LogP contribution in [0.2, 0.25) is 0 Å². The Hall–Kier alpha value is -4.36. The third-order valence-corrected chi connectivity index (χ3v) is 8.72. The number of pyridine rings is 1. The van der Waals surface area contributed by atoms with E-state index in [1.807, 2.05) is 77.8 Å². The number of carbonyl (C=O) groups excluding carboxylic acids is 3. The number of para-hydroxylation sites is 1. The second-order valence-electron chi connectivity index (χ2n) is 10.1. The van der Waals surface area contributed by atoms with E-state index in [1.165, 1.54) is 6.20 Å². The second-order valence-corrected chi connectivity index (χ2v) is 11.0.